The zero-order chi connectivity index (χ0) is 19.4. The van der Waals surface area contributed by atoms with E-state index in [-0.39, 0.29) is 69.9 Å². The standard InChI is InChI=1S/C6H20N2O12P4.Na.Sm/c9-21(10,11)3-7(4-22(12,13)14)1-2-8(5-23(15,16)17)6-24(18,19)20;;/h1-6H2,(H2,9,10,11)(H2,12,13,14)(H2,15,16,17)(H2,18,19,20);;/q;+1;+3/p-8/i;;1+3. The predicted molar refractivity (Wildman–Crippen MR) is 63.3 cm³/mol. The van der Waals surface area contributed by atoms with Gasteiger partial charge in [-0.15, -0.1) is 0 Å². The van der Waals surface area contributed by atoms with Gasteiger partial charge in [0.2, 0.25) is 0 Å². The smallest absolute Gasteiger partial charge is 0.810 e. The Hall–Kier alpha value is 2.86. The maximum absolute atomic E-state index is 10.7. The summed E-state index contributed by atoms with van der Waals surface area (Å²) in [5.74, 6) is 0. The molecule has 20 heteroatoms. The van der Waals surface area contributed by atoms with Crippen LogP contribution in [0.15, 0.2) is 0 Å². The van der Waals surface area contributed by atoms with E-state index in [1.807, 2.05) is 0 Å². The summed E-state index contributed by atoms with van der Waals surface area (Å²) >= 11 is 0. The third-order valence-electron chi connectivity index (χ3n) is 2.23. The van der Waals surface area contributed by atoms with Gasteiger partial charge in [-0.2, -0.15) is 0 Å². The maximum atomic E-state index is 10.7. The van der Waals surface area contributed by atoms with Crippen LogP contribution in [0.4, 0.5) is 0 Å². The van der Waals surface area contributed by atoms with Crippen LogP contribution < -0.4 is 68.7 Å². The fourth-order valence-electron chi connectivity index (χ4n) is 1.63. The van der Waals surface area contributed by atoms with Crippen molar-refractivity contribution in [1.82, 2.24) is 9.80 Å². The number of rotatable bonds is 11. The van der Waals surface area contributed by atoms with Crippen molar-refractivity contribution in [3.63, 3.8) is 0 Å². The average Bonchev–Trinajstić information content (AvgIpc) is 2.16. The van der Waals surface area contributed by atoms with Gasteiger partial charge in [0.15, 0.2) is 0 Å². The molecule has 1 radical (unpaired) electrons. The van der Waals surface area contributed by atoms with Crippen molar-refractivity contribution >= 4 is 30.4 Å². The summed E-state index contributed by atoms with van der Waals surface area (Å²) in [6.07, 6.45) is -5.63. The fraction of sp³-hybridized carbons (Fsp3) is 1.00. The van der Waals surface area contributed by atoms with Gasteiger partial charge < -0.3 is 57.4 Å². The van der Waals surface area contributed by atoms with Gasteiger partial charge in [-0.3, -0.25) is 9.80 Å². The van der Waals surface area contributed by atoms with Crippen LogP contribution in [-0.2, 0) is 18.3 Å². The summed E-state index contributed by atoms with van der Waals surface area (Å²) in [5.41, 5.74) is 0. The van der Waals surface area contributed by atoms with Gasteiger partial charge in [0.25, 0.3) is 0 Å². The van der Waals surface area contributed by atoms with E-state index in [0.717, 1.165) is 0 Å². The van der Waals surface area contributed by atoms with E-state index < -0.39 is 68.6 Å². The molecule has 0 rings (SSSR count). The largest absolute Gasteiger partial charge is 3.00 e. The molecule has 0 N–H and O–H groups in total. The molecule has 0 amide bonds. The predicted octanol–water partition coefficient (Wildman–Crippen LogP) is -9.92. The zero-order valence-corrected chi connectivity index (χ0v) is 21.4. The van der Waals surface area contributed by atoms with Crippen molar-refractivity contribution in [2.24, 2.45) is 0 Å². The molecule has 0 fully saturated rings. The van der Waals surface area contributed by atoms with Gasteiger partial charge in [-0.05, 0) is 0 Å². The molecule has 14 nitrogen and oxygen atoms in total. The average molecular weight is 604 g/mol. The van der Waals surface area contributed by atoms with E-state index in [0.29, 0.717) is 9.80 Å². The minimum Gasteiger partial charge on any atom is -0.810 e. The quantitative estimate of drug-likeness (QED) is 0.157. The Labute approximate surface area is 203 Å². The van der Waals surface area contributed by atoms with E-state index in [1.165, 1.54) is 0 Å². The first-order chi connectivity index (χ1) is 10.4. The summed E-state index contributed by atoms with van der Waals surface area (Å²) in [5, 5.41) is 0. The third-order valence-corrected chi connectivity index (χ3v) is 5.21. The molecule has 26 heavy (non-hydrogen) atoms. The van der Waals surface area contributed by atoms with Gasteiger partial charge in [-0.1, -0.05) is 30.4 Å². The van der Waals surface area contributed by atoms with E-state index in [9.17, 15) is 57.4 Å². The third kappa shape index (κ3) is 23.1. The van der Waals surface area contributed by atoms with E-state index in [4.69, 9.17) is 0 Å². The molecule has 0 spiro atoms. The molecule has 0 atom stereocenters. The molecule has 149 valence electrons. The Bertz CT molecular complexity index is 499. The van der Waals surface area contributed by atoms with Crippen LogP contribution in [-0.4, -0.2) is 48.0 Å². The molecule has 0 saturated carbocycles. The maximum Gasteiger partial charge on any atom is 3.00 e. The van der Waals surface area contributed by atoms with Crippen LogP contribution in [0.5, 0.6) is 0 Å². The Morgan fingerprint density at radius 1 is 0.500 bits per heavy atom. The molecule has 0 saturated heterocycles. The van der Waals surface area contributed by atoms with Gasteiger partial charge >= 0.3 is 69.9 Å². The van der Waals surface area contributed by atoms with Crippen LogP contribution in [0.25, 0.3) is 0 Å². The molecular weight excluding hydrogens is 592 g/mol. The van der Waals surface area contributed by atoms with Crippen LogP contribution in [0, 0.1) is 40.4 Å². The Morgan fingerprint density at radius 3 is 0.769 bits per heavy atom. The molecule has 0 aliphatic carbocycles. The zero-order valence-electron chi connectivity index (χ0n) is 13.2. The van der Waals surface area contributed by atoms with E-state index in [1.54, 1.807) is 0 Å². The van der Waals surface area contributed by atoms with Crippen molar-refractivity contribution in [2.45, 2.75) is 0 Å². The van der Waals surface area contributed by atoms with Crippen molar-refractivity contribution in [3.05, 3.63) is 0 Å². The topological polar surface area (TPSA) is 259 Å². The Kier molecular flexibility index (Phi) is 17.1. The van der Waals surface area contributed by atoms with Gasteiger partial charge in [0.1, 0.15) is 0 Å². The summed E-state index contributed by atoms with van der Waals surface area (Å²) in [4.78, 5) is 85.9. The summed E-state index contributed by atoms with van der Waals surface area (Å²) in [7, 11) is -21.2. The van der Waals surface area contributed by atoms with Crippen molar-refractivity contribution in [1.29, 1.82) is 0 Å². The molecule has 0 aromatic carbocycles. The normalized spacial score (nSPS) is 13.5. The monoisotopic (exact) mass is 604 g/mol. The SMILES string of the molecule is O=P([O-])([O-])CN(CCN(CP(=O)([O-])[O-])CP(=O)([O-])[O-])CP(=O)([O-])[O-].[153Sm+3].[Na+]. The van der Waals surface area contributed by atoms with Crippen LogP contribution >= 0.6 is 30.4 Å². The summed E-state index contributed by atoms with van der Waals surface area (Å²) in [6.45, 7) is -1.55. The summed E-state index contributed by atoms with van der Waals surface area (Å²) < 4.78 is 42.7. The molecule has 0 bridgehead atoms. The van der Waals surface area contributed by atoms with Gasteiger partial charge in [-0.25, -0.2) is 0 Å². The molecule has 0 aliphatic rings. The van der Waals surface area contributed by atoms with E-state index >= 15 is 0 Å². The molecule has 0 heterocycles. The van der Waals surface area contributed by atoms with Crippen molar-refractivity contribution < 1.29 is 127 Å². The second-order valence-electron chi connectivity index (χ2n) is 4.80. The van der Waals surface area contributed by atoms with Gasteiger partial charge in [0.05, 0.1) is 0 Å². The van der Waals surface area contributed by atoms with Gasteiger partial charge in [0, 0.05) is 38.2 Å². The molecule has 0 aliphatic heterocycles. The molecule has 0 aromatic rings. The second-order valence-corrected chi connectivity index (χ2v) is 10.8. The number of hydrogen-bond donors (Lipinski definition) is 0. The first kappa shape index (κ1) is 33.5. The Balaban J connectivity index is -0.00000264. The minimum atomic E-state index is -5.30. The first-order valence-corrected chi connectivity index (χ1v) is 12.8. The Morgan fingerprint density at radius 2 is 0.654 bits per heavy atom. The second kappa shape index (κ2) is 13.3. The molecule has 0 unspecified atom stereocenters. The van der Waals surface area contributed by atoms with Crippen LogP contribution in [0.3, 0.4) is 0 Å². The fourth-order valence-corrected chi connectivity index (χ4v) is 4.88. The number of hydrogen-bond acceptors (Lipinski definition) is 14. The first-order valence-electron chi connectivity index (χ1n) is 5.85. The van der Waals surface area contributed by atoms with Crippen molar-refractivity contribution in [2.75, 3.05) is 38.2 Å². The van der Waals surface area contributed by atoms with E-state index in [2.05, 4.69) is 0 Å². The van der Waals surface area contributed by atoms with Crippen LogP contribution in [0.2, 0.25) is 0 Å². The molecular formula is C6H12N2NaO12P4Sm-4. The molecule has 0 aromatic heterocycles. The summed E-state index contributed by atoms with van der Waals surface area (Å²) in [6, 6.07) is 0. The number of nitrogens with zero attached hydrogens (tertiary/aromatic N) is 2. The minimum absolute atomic E-state index is 0. The van der Waals surface area contributed by atoms with Crippen molar-refractivity contribution in [3.8, 4) is 0 Å². The van der Waals surface area contributed by atoms with Crippen LogP contribution in [0.1, 0.15) is 0 Å².